The average molecular weight is 306 g/mol. The number of amidine groups is 1. The molecule has 1 heterocycles. The minimum absolute atomic E-state index is 0.181. The number of carbonyl (C=O) groups is 1. The van der Waals surface area contributed by atoms with E-state index in [0.29, 0.717) is 23.7 Å². The van der Waals surface area contributed by atoms with Gasteiger partial charge in [-0.05, 0) is 32.4 Å². The molecule has 118 valence electrons. The number of fused-ring (bicyclic) bond motifs is 1. The molecule has 0 spiro atoms. The molecule has 0 bridgehead atoms. The van der Waals surface area contributed by atoms with Gasteiger partial charge >= 0.3 is 13.2 Å². The summed E-state index contributed by atoms with van der Waals surface area (Å²) in [5, 5.41) is 21.6. The highest BCUT2D eigenvalue weighted by Crippen LogP contribution is 2.28. The van der Waals surface area contributed by atoms with Gasteiger partial charge in [0.05, 0.1) is 18.3 Å². The summed E-state index contributed by atoms with van der Waals surface area (Å²) in [5.74, 6) is 0.718. The third-order valence-electron chi connectivity index (χ3n) is 2.99. The van der Waals surface area contributed by atoms with Gasteiger partial charge in [-0.1, -0.05) is 6.07 Å². The number of hydrogen-bond donors (Lipinski definition) is 3. The average Bonchev–Trinajstić information content (AvgIpc) is 2.76. The van der Waals surface area contributed by atoms with E-state index in [1.807, 2.05) is 0 Å². The standard InChI is InChI=1S/C14H19BN2O5/c1-14(2,3)22-13(18)17-10-7-8-5-6-9(21-4)11(15(19)20)12(8)16-10/h5-6,19-20H,7H2,1-4H3,(H,16,17,18). The molecule has 1 aromatic rings. The van der Waals surface area contributed by atoms with E-state index < -0.39 is 18.8 Å². The molecule has 1 aliphatic heterocycles. The van der Waals surface area contributed by atoms with Crippen LogP contribution in [0.4, 0.5) is 10.5 Å². The van der Waals surface area contributed by atoms with Crippen LogP contribution in [0, 0.1) is 0 Å². The number of ether oxygens (including phenoxy) is 2. The van der Waals surface area contributed by atoms with Gasteiger partial charge in [0, 0.05) is 6.42 Å². The summed E-state index contributed by atoms with van der Waals surface area (Å²) in [4.78, 5) is 16.0. The van der Waals surface area contributed by atoms with Gasteiger partial charge in [0.2, 0.25) is 0 Å². The number of nitrogens with one attached hydrogen (secondary N) is 1. The zero-order valence-corrected chi connectivity index (χ0v) is 13.0. The first kappa shape index (κ1) is 16.3. The van der Waals surface area contributed by atoms with Gasteiger partial charge in [-0.25, -0.2) is 9.79 Å². The number of hydrogen-bond acceptors (Lipinski definition) is 6. The molecule has 3 N–H and O–H groups in total. The Labute approximate surface area is 129 Å². The van der Waals surface area contributed by atoms with Crippen LogP contribution in [0.2, 0.25) is 0 Å². The Morgan fingerprint density at radius 1 is 1.36 bits per heavy atom. The molecular formula is C14H19BN2O5. The quantitative estimate of drug-likeness (QED) is 0.690. The van der Waals surface area contributed by atoms with E-state index in [1.54, 1.807) is 32.9 Å². The van der Waals surface area contributed by atoms with E-state index in [4.69, 9.17) is 9.47 Å². The van der Waals surface area contributed by atoms with Gasteiger partial charge in [0.25, 0.3) is 0 Å². The SMILES string of the molecule is COc1ccc2c(c1B(O)O)N=C(NC(=O)OC(C)(C)C)C2. The van der Waals surface area contributed by atoms with E-state index in [1.165, 1.54) is 7.11 Å². The van der Waals surface area contributed by atoms with Gasteiger partial charge < -0.3 is 19.5 Å². The molecule has 0 saturated carbocycles. The largest absolute Gasteiger partial charge is 0.497 e. The molecule has 0 saturated heterocycles. The van der Waals surface area contributed by atoms with Gasteiger partial charge in [-0.15, -0.1) is 0 Å². The Hall–Kier alpha value is -2.06. The summed E-state index contributed by atoms with van der Waals surface area (Å²) in [6.45, 7) is 5.30. The van der Waals surface area contributed by atoms with Gasteiger partial charge in [-0.2, -0.15) is 0 Å². The summed E-state index contributed by atoms with van der Waals surface area (Å²) in [6, 6.07) is 3.41. The fourth-order valence-corrected chi connectivity index (χ4v) is 2.19. The van der Waals surface area contributed by atoms with Crippen molar-refractivity contribution in [2.45, 2.75) is 32.8 Å². The van der Waals surface area contributed by atoms with Gasteiger partial charge in [0.1, 0.15) is 17.2 Å². The van der Waals surface area contributed by atoms with Crippen molar-refractivity contribution in [1.29, 1.82) is 0 Å². The third kappa shape index (κ3) is 3.58. The molecule has 22 heavy (non-hydrogen) atoms. The summed E-state index contributed by atoms with van der Waals surface area (Å²) in [6.07, 6.45) is -0.227. The van der Waals surface area contributed by atoms with Gasteiger partial charge in [0.15, 0.2) is 0 Å². The summed E-state index contributed by atoms with van der Waals surface area (Å²) in [7, 11) is -0.277. The number of methoxy groups -OCH3 is 1. The van der Waals surface area contributed by atoms with Crippen molar-refractivity contribution in [2.24, 2.45) is 4.99 Å². The summed E-state index contributed by atoms with van der Waals surface area (Å²) in [5.41, 5.74) is 0.752. The highest BCUT2D eigenvalue weighted by atomic mass is 16.6. The monoisotopic (exact) mass is 306 g/mol. The third-order valence-corrected chi connectivity index (χ3v) is 2.99. The number of carbonyl (C=O) groups excluding carboxylic acids is 1. The van der Waals surface area contributed by atoms with Crippen molar-refractivity contribution < 1.29 is 24.3 Å². The molecule has 1 aliphatic rings. The van der Waals surface area contributed by atoms with Gasteiger partial charge in [-0.3, -0.25) is 5.32 Å². The minimum atomic E-state index is -1.71. The van der Waals surface area contributed by atoms with Crippen LogP contribution in [0.25, 0.3) is 0 Å². The lowest BCUT2D eigenvalue weighted by atomic mass is 9.77. The predicted molar refractivity (Wildman–Crippen MR) is 83.0 cm³/mol. The lowest BCUT2D eigenvalue weighted by Crippen LogP contribution is -2.36. The number of nitrogens with zero attached hydrogens (tertiary/aromatic N) is 1. The number of aliphatic imine (C=N–C) groups is 1. The fourth-order valence-electron chi connectivity index (χ4n) is 2.19. The second-order valence-electron chi connectivity index (χ2n) is 5.93. The first-order valence-electron chi connectivity index (χ1n) is 6.84. The van der Waals surface area contributed by atoms with Crippen molar-refractivity contribution >= 4 is 30.2 Å². The molecular weight excluding hydrogens is 287 g/mol. The molecule has 2 rings (SSSR count). The molecule has 1 aromatic carbocycles. The summed E-state index contributed by atoms with van der Waals surface area (Å²) < 4.78 is 10.3. The van der Waals surface area contributed by atoms with Crippen LogP contribution in [0.15, 0.2) is 17.1 Å². The highest BCUT2D eigenvalue weighted by Gasteiger charge is 2.28. The van der Waals surface area contributed by atoms with Crippen LogP contribution in [0.1, 0.15) is 26.3 Å². The number of rotatable bonds is 2. The van der Waals surface area contributed by atoms with E-state index in [9.17, 15) is 14.8 Å². The smallest absolute Gasteiger partial charge is 0.494 e. The summed E-state index contributed by atoms with van der Waals surface area (Å²) >= 11 is 0. The fraction of sp³-hybridized carbons (Fsp3) is 0.429. The van der Waals surface area contributed by atoms with E-state index in [-0.39, 0.29) is 5.46 Å². The number of amides is 1. The maximum Gasteiger partial charge on any atom is 0.494 e. The number of benzene rings is 1. The van der Waals surface area contributed by atoms with Crippen molar-refractivity contribution in [3.8, 4) is 5.75 Å². The lowest BCUT2D eigenvalue weighted by molar-refractivity contribution is 0.0562. The molecule has 0 atom stereocenters. The van der Waals surface area contributed by atoms with Crippen molar-refractivity contribution in [2.75, 3.05) is 7.11 Å². The van der Waals surface area contributed by atoms with Crippen molar-refractivity contribution in [1.82, 2.24) is 5.32 Å². The molecule has 0 unspecified atom stereocenters. The van der Waals surface area contributed by atoms with Crippen LogP contribution < -0.4 is 15.5 Å². The zero-order chi connectivity index (χ0) is 16.5. The Balaban J connectivity index is 2.23. The maximum atomic E-state index is 11.8. The maximum absolute atomic E-state index is 11.8. The Kier molecular flexibility index (Phi) is 4.43. The zero-order valence-electron chi connectivity index (χ0n) is 13.0. The van der Waals surface area contributed by atoms with Crippen LogP contribution in [0.3, 0.4) is 0 Å². The second kappa shape index (κ2) is 5.98. The molecule has 8 heteroatoms. The highest BCUT2D eigenvalue weighted by molar-refractivity contribution is 6.62. The molecule has 0 fully saturated rings. The lowest BCUT2D eigenvalue weighted by Gasteiger charge is -2.19. The van der Waals surface area contributed by atoms with E-state index >= 15 is 0 Å². The van der Waals surface area contributed by atoms with E-state index in [2.05, 4.69) is 10.3 Å². The van der Waals surface area contributed by atoms with Crippen LogP contribution in [0.5, 0.6) is 5.75 Å². The number of alkyl carbamates (subject to hydrolysis) is 1. The first-order valence-corrected chi connectivity index (χ1v) is 6.84. The molecule has 0 radical (unpaired) electrons. The van der Waals surface area contributed by atoms with Crippen LogP contribution in [-0.2, 0) is 11.2 Å². The van der Waals surface area contributed by atoms with Crippen molar-refractivity contribution in [3.05, 3.63) is 17.7 Å². The second-order valence-corrected chi connectivity index (χ2v) is 5.93. The van der Waals surface area contributed by atoms with E-state index in [0.717, 1.165) is 5.56 Å². The molecule has 0 aliphatic carbocycles. The topological polar surface area (TPSA) is 100 Å². The first-order chi connectivity index (χ1) is 10.2. The predicted octanol–water partition coefficient (Wildman–Crippen LogP) is 0.486. The minimum Gasteiger partial charge on any atom is -0.497 e. The van der Waals surface area contributed by atoms with Crippen molar-refractivity contribution in [3.63, 3.8) is 0 Å². The molecule has 0 aromatic heterocycles. The Morgan fingerprint density at radius 2 is 2.05 bits per heavy atom. The van der Waals surface area contributed by atoms with Crippen LogP contribution >= 0.6 is 0 Å². The normalized spacial score (nSPS) is 13.3. The van der Waals surface area contributed by atoms with Crippen LogP contribution in [-0.4, -0.2) is 41.8 Å². The molecule has 7 nitrogen and oxygen atoms in total. The Morgan fingerprint density at radius 3 is 2.59 bits per heavy atom. The Bertz CT molecular complexity index is 622. The molecule has 1 amide bonds.